The van der Waals surface area contributed by atoms with Crippen LogP contribution in [0.2, 0.25) is 5.02 Å². The van der Waals surface area contributed by atoms with Gasteiger partial charge < -0.3 is 10.3 Å². The van der Waals surface area contributed by atoms with Gasteiger partial charge in [-0.3, -0.25) is 9.69 Å². The highest BCUT2D eigenvalue weighted by molar-refractivity contribution is 6.30. The first-order valence-corrected chi connectivity index (χ1v) is 8.84. The number of aromatic amines is 1. The molecule has 1 amide bonds. The molecule has 4 nitrogen and oxygen atoms in total. The minimum Gasteiger partial charge on any atom is -0.358 e. The molecular weight excluding hydrogens is 334 g/mol. The fourth-order valence-corrected chi connectivity index (χ4v) is 3.80. The maximum atomic E-state index is 12.8. The van der Waals surface area contributed by atoms with E-state index in [1.165, 1.54) is 0 Å². The van der Waals surface area contributed by atoms with Crippen LogP contribution in [-0.4, -0.2) is 28.9 Å². The molecule has 1 unspecified atom stereocenters. The Kier molecular flexibility index (Phi) is 4.24. The third kappa shape index (κ3) is 3.03. The summed E-state index contributed by atoms with van der Waals surface area (Å²) in [6, 6.07) is 15.7. The van der Waals surface area contributed by atoms with Gasteiger partial charge in [0.1, 0.15) is 6.04 Å². The standard InChI is InChI=1S/C20H20ClN3O/c1-13-18(16-4-2-3-5-17(16)23-13)19-20(25)22-10-11-24(19)12-14-6-8-15(21)9-7-14/h2-9,19,23H,10-12H2,1H3,(H,22,25). The van der Waals surface area contributed by atoms with Crippen LogP contribution in [0.15, 0.2) is 48.5 Å². The van der Waals surface area contributed by atoms with Crippen molar-refractivity contribution in [3.8, 4) is 0 Å². The van der Waals surface area contributed by atoms with E-state index >= 15 is 0 Å². The lowest BCUT2D eigenvalue weighted by Gasteiger charge is -2.35. The van der Waals surface area contributed by atoms with Gasteiger partial charge in [0.15, 0.2) is 0 Å². The van der Waals surface area contributed by atoms with Gasteiger partial charge in [0.05, 0.1) is 0 Å². The maximum Gasteiger partial charge on any atom is 0.242 e. The topological polar surface area (TPSA) is 48.1 Å². The van der Waals surface area contributed by atoms with Gasteiger partial charge in [-0.05, 0) is 30.7 Å². The molecule has 2 aromatic carbocycles. The van der Waals surface area contributed by atoms with Gasteiger partial charge in [-0.25, -0.2) is 0 Å². The van der Waals surface area contributed by atoms with Crippen LogP contribution < -0.4 is 5.32 Å². The van der Waals surface area contributed by atoms with E-state index in [1.807, 2.05) is 43.3 Å². The van der Waals surface area contributed by atoms with E-state index in [4.69, 9.17) is 11.6 Å². The van der Waals surface area contributed by atoms with Crippen molar-refractivity contribution in [2.45, 2.75) is 19.5 Å². The number of carbonyl (C=O) groups is 1. The average Bonchev–Trinajstić information content (AvgIpc) is 2.93. The Labute approximate surface area is 151 Å². The molecule has 1 aliphatic rings. The monoisotopic (exact) mass is 353 g/mol. The molecule has 4 rings (SSSR count). The lowest BCUT2D eigenvalue weighted by Crippen LogP contribution is -2.49. The van der Waals surface area contributed by atoms with Crippen molar-refractivity contribution >= 4 is 28.4 Å². The van der Waals surface area contributed by atoms with E-state index in [0.29, 0.717) is 13.1 Å². The fraction of sp³-hybridized carbons (Fsp3) is 0.250. The minimum atomic E-state index is -0.291. The number of aryl methyl sites for hydroxylation is 1. The zero-order valence-corrected chi connectivity index (χ0v) is 14.8. The molecular formula is C20H20ClN3O. The van der Waals surface area contributed by atoms with E-state index in [1.54, 1.807) is 0 Å². The molecule has 5 heteroatoms. The summed E-state index contributed by atoms with van der Waals surface area (Å²) >= 11 is 5.99. The molecule has 0 spiro atoms. The van der Waals surface area contributed by atoms with Gasteiger partial charge in [-0.2, -0.15) is 0 Å². The van der Waals surface area contributed by atoms with Crippen molar-refractivity contribution in [1.29, 1.82) is 0 Å². The number of rotatable bonds is 3. The highest BCUT2D eigenvalue weighted by atomic mass is 35.5. The van der Waals surface area contributed by atoms with Gasteiger partial charge in [0.2, 0.25) is 5.91 Å². The fourth-order valence-electron chi connectivity index (χ4n) is 3.67. The number of fused-ring (bicyclic) bond motifs is 1. The number of halogens is 1. The first-order valence-electron chi connectivity index (χ1n) is 8.47. The summed E-state index contributed by atoms with van der Waals surface area (Å²) in [5.74, 6) is 0.0630. The van der Waals surface area contributed by atoms with Crippen LogP contribution in [-0.2, 0) is 11.3 Å². The Balaban J connectivity index is 1.74. The molecule has 0 radical (unpaired) electrons. The molecule has 1 atom stereocenters. The van der Waals surface area contributed by atoms with Gasteiger partial charge >= 0.3 is 0 Å². The summed E-state index contributed by atoms with van der Waals surface area (Å²) in [5, 5.41) is 4.86. The highest BCUT2D eigenvalue weighted by Crippen LogP contribution is 2.33. The Morgan fingerprint density at radius 1 is 1.16 bits per heavy atom. The summed E-state index contributed by atoms with van der Waals surface area (Å²) in [4.78, 5) is 18.4. The molecule has 0 bridgehead atoms. The molecule has 1 aromatic heterocycles. The number of aromatic nitrogens is 1. The van der Waals surface area contributed by atoms with Crippen LogP contribution >= 0.6 is 11.6 Å². The van der Waals surface area contributed by atoms with Gasteiger partial charge in [0.25, 0.3) is 0 Å². The van der Waals surface area contributed by atoms with Crippen molar-refractivity contribution < 1.29 is 4.79 Å². The SMILES string of the molecule is Cc1[nH]c2ccccc2c1C1C(=O)NCCN1Cc1ccc(Cl)cc1. The molecule has 2 N–H and O–H groups in total. The number of hydrogen-bond donors (Lipinski definition) is 2. The number of piperazine rings is 1. The minimum absolute atomic E-state index is 0.0630. The van der Waals surface area contributed by atoms with Crippen LogP contribution in [0, 0.1) is 6.92 Å². The number of amides is 1. The van der Waals surface area contributed by atoms with Crippen molar-refractivity contribution in [2.75, 3.05) is 13.1 Å². The smallest absolute Gasteiger partial charge is 0.242 e. The molecule has 1 saturated heterocycles. The van der Waals surface area contributed by atoms with E-state index in [2.05, 4.69) is 27.3 Å². The quantitative estimate of drug-likeness (QED) is 0.752. The maximum absolute atomic E-state index is 12.8. The summed E-state index contributed by atoms with van der Waals surface area (Å²) in [6.45, 7) is 4.24. The van der Waals surface area contributed by atoms with Crippen LogP contribution in [0.25, 0.3) is 10.9 Å². The van der Waals surface area contributed by atoms with E-state index in [-0.39, 0.29) is 11.9 Å². The summed E-state index contributed by atoms with van der Waals surface area (Å²) in [7, 11) is 0. The van der Waals surface area contributed by atoms with Gasteiger partial charge in [0, 0.05) is 46.8 Å². The van der Waals surface area contributed by atoms with Crippen LogP contribution in [0.4, 0.5) is 0 Å². The lowest BCUT2D eigenvalue weighted by molar-refractivity contribution is -0.129. The summed E-state index contributed by atoms with van der Waals surface area (Å²) in [6.07, 6.45) is 0. The average molecular weight is 354 g/mol. The molecule has 1 aliphatic heterocycles. The Morgan fingerprint density at radius 2 is 1.92 bits per heavy atom. The number of hydrogen-bond acceptors (Lipinski definition) is 2. The predicted molar refractivity (Wildman–Crippen MR) is 101 cm³/mol. The second kappa shape index (κ2) is 6.54. The molecule has 128 valence electrons. The molecule has 0 aliphatic carbocycles. The third-order valence-corrected chi connectivity index (χ3v) is 5.08. The van der Waals surface area contributed by atoms with E-state index < -0.39 is 0 Å². The number of para-hydroxylation sites is 1. The first kappa shape index (κ1) is 16.2. The molecule has 25 heavy (non-hydrogen) atoms. The van der Waals surface area contributed by atoms with Crippen molar-refractivity contribution in [3.05, 3.63) is 70.4 Å². The van der Waals surface area contributed by atoms with Gasteiger partial charge in [-0.15, -0.1) is 0 Å². The number of carbonyl (C=O) groups excluding carboxylic acids is 1. The summed E-state index contributed by atoms with van der Waals surface area (Å²) in [5.41, 5.74) is 4.34. The largest absolute Gasteiger partial charge is 0.358 e. The number of nitrogens with zero attached hydrogens (tertiary/aromatic N) is 1. The second-order valence-corrected chi connectivity index (χ2v) is 6.94. The van der Waals surface area contributed by atoms with E-state index in [9.17, 15) is 4.79 Å². The first-order chi connectivity index (χ1) is 12.1. The highest BCUT2D eigenvalue weighted by Gasteiger charge is 2.34. The zero-order valence-electron chi connectivity index (χ0n) is 14.1. The van der Waals surface area contributed by atoms with Crippen molar-refractivity contribution in [1.82, 2.24) is 15.2 Å². The molecule has 1 fully saturated rings. The van der Waals surface area contributed by atoms with Crippen LogP contribution in [0.5, 0.6) is 0 Å². The third-order valence-electron chi connectivity index (χ3n) is 4.83. The lowest BCUT2D eigenvalue weighted by atomic mass is 9.98. The summed E-state index contributed by atoms with van der Waals surface area (Å²) < 4.78 is 0. The number of H-pyrrole nitrogens is 1. The van der Waals surface area contributed by atoms with Crippen LogP contribution in [0.1, 0.15) is 22.9 Å². The van der Waals surface area contributed by atoms with E-state index in [0.717, 1.165) is 39.3 Å². The Hall–Kier alpha value is -2.30. The normalized spacial score (nSPS) is 18.5. The Morgan fingerprint density at radius 3 is 2.72 bits per heavy atom. The van der Waals surface area contributed by atoms with Crippen molar-refractivity contribution in [3.63, 3.8) is 0 Å². The van der Waals surface area contributed by atoms with Gasteiger partial charge in [-0.1, -0.05) is 41.9 Å². The number of benzene rings is 2. The predicted octanol–water partition coefficient (Wildman–Crippen LogP) is 3.80. The zero-order chi connectivity index (χ0) is 17.4. The van der Waals surface area contributed by atoms with Crippen molar-refractivity contribution in [2.24, 2.45) is 0 Å². The molecule has 0 saturated carbocycles. The van der Waals surface area contributed by atoms with Crippen LogP contribution in [0.3, 0.4) is 0 Å². The molecule has 3 aromatic rings. The number of nitrogens with one attached hydrogen (secondary N) is 2. The Bertz CT molecular complexity index is 916. The molecule has 2 heterocycles. The second-order valence-electron chi connectivity index (χ2n) is 6.50.